The zero-order chi connectivity index (χ0) is 21.3. The predicted molar refractivity (Wildman–Crippen MR) is 115 cm³/mol. The van der Waals surface area contributed by atoms with Crippen molar-refractivity contribution < 1.29 is 14.0 Å². The van der Waals surface area contributed by atoms with Crippen molar-refractivity contribution in [2.75, 3.05) is 58.9 Å². The lowest BCUT2D eigenvalue weighted by molar-refractivity contribution is -0.123. The molecule has 3 rings (SSSR count). The number of primary amides is 1. The van der Waals surface area contributed by atoms with E-state index in [1.807, 2.05) is 4.90 Å². The lowest BCUT2D eigenvalue weighted by Crippen LogP contribution is -2.53. The van der Waals surface area contributed by atoms with Crippen LogP contribution in [0.5, 0.6) is 0 Å². The van der Waals surface area contributed by atoms with Crippen molar-refractivity contribution in [1.29, 1.82) is 0 Å². The molecule has 0 spiro atoms. The number of piperidine rings is 1. The average Bonchev–Trinajstić information content (AvgIpc) is 3.31. The molecule has 0 aliphatic carbocycles. The number of likely N-dealkylation sites (tertiary alicyclic amines) is 1. The number of rotatable bonds is 7. The molecule has 0 radical (unpaired) electrons. The van der Waals surface area contributed by atoms with E-state index in [9.17, 15) is 9.59 Å². The number of amides is 2. The lowest BCUT2D eigenvalue weighted by Gasteiger charge is -2.36. The van der Waals surface area contributed by atoms with Gasteiger partial charge in [-0.05, 0) is 51.4 Å². The monoisotopic (exact) mass is 418 g/mol. The van der Waals surface area contributed by atoms with Crippen LogP contribution in [-0.4, -0.2) is 91.4 Å². The molecule has 0 bridgehead atoms. The molecule has 1 aromatic rings. The van der Waals surface area contributed by atoms with E-state index in [2.05, 4.69) is 22.0 Å². The molecule has 3 N–H and O–H groups in total. The molecule has 1 aromatic heterocycles. The summed E-state index contributed by atoms with van der Waals surface area (Å²) in [6.07, 6.45) is 4.40. The van der Waals surface area contributed by atoms with Gasteiger partial charge < -0.3 is 30.2 Å². The van der Waals surface area contributed by atoms with Gasteiger partial charge in [0.2, 0.25) is 5.91 Å². The first-order valence-electron chi connectivity index (χ1n) is 11.0. The maximum Gasteiger partial charge on any atom is 0.289 e. The number of guanidine groups is 1. The van der Waals surface area contributed by atoms with E-state index in [1.54, 1.807) is 12.1 Å². The Labute approximate surface area is 178 Å². The van der Waals surface area contributed by atoms with Gasteiger partial charge in [0.25, 0.3) is 5.91 Å². The Kier molecular flexibility index (Phi) is 8.12. The van der Waals surface area contributed by atoms with E-state index in [0.717, 1.165) is 71.0 Å². The Balaban J connectivity index is 1.44. The van der Waals surface area contributed by atoms with Gasteiger partial charge in [-0.2, -0.15) is 0 Å². The minimum Gasteiger partial charge on any atom is -0.459 e. The second kappa shape index (κ2) is 11.0. The third kappa shape index (κ3) is 5.98. The molecule has 9 heteroatoms. The fourth-order valence-electron chi connectivity index (χ4n) is 4.07. The topological polar surface area (TPSA) is 107 Å². The highest BCUT2D eigenvalue weighted by Gasteiger charge is 2.25. The molecule has 0 saturated carbocycles. The minimum absolute atomic E-state index is 0.0141. The van der Waals surface area contributed by atoms with Gasteiger partial charge in [0.1, 0.15) is 0 Å². The van der Waals surface area contributed by atoms with Crippen molar-refractivity contribution in [3.63, 3.8) is 0 Å². The summed E-state index contributed by atoms with van der Waals surface area (Å²) in [5.74, 6) is 1.03. The van der Waals surface area contributed by atoms with Crippen molar-refractivity contribution in [3.05, 3.63) is 24.2 Å². The highest BCUT2D eigenvalue weighted by molar-refractivity contribution is 5.91. The van der Waals surface area contributed by atoms with Crippen molar-refractivity contribution in [1.82, 2.24) is 20.0 Å². The molecule has 0 aromatic carbocycles. The van der Waals surface area contributed by atoms with Crippen LogP contribution < -0.4 is 11.1 Å². The number of nitrogens with two attached hydrogens (primary N) is 1. The molecule has 3 heterocycles. The van der Waals surface area contributed by atoms with Crippen molar-refractivity contribution in [3.8, 4) is 0 Å². The zero-order valence-electron chi connectivity index (χ0n) is 17.9. The summed E-state index contributed by atoms with van der Waals surface area (Å²) < 4.78 is 5.23. The Bertz CT molecular complexity index is 712. The lowest BCUT2D eigenvalue weighted by atomic mass is 9.97. The largest absolute Gasteiger partial charge is 0.459 e. The average molecular weight is 419 g/mol. The molecule has 166 valence electrons. The van der Waals surface area contributed by atoms with Crippen molar-refractivity contribution in [2.24, 2.45) is 16.6 Å². The Hall–Kier alpha value is -2.55. The van der Waals surface area contributed by atoms with Crippen molar-refractivity contribution in [2.45, 2.75) is 26.2 Å². The summed E-state index contributed by atoms with van der Waals surface area (Å²) in [5, 5.41) is 3.36. The molecule has 2 aliphatic heterocycles. The van der Waals surface area contributed by atoms with E-state index < -0.39 is 0 Å². The van der Waals surface area contributed by atoms with E-state index in [-0.39, 0.29) is 17.7 Å². The first-order chi connectivity index (χ1) is 14.6. The summed E-state index contributed by atoms with van der Waals surface area (Å²) >= 11 is 0. The molecule has 2 fully saturated rings. The van der Waals surface area contributed by atoms with Crippen LogP contribution in [0.1, 0.15) is 36.7 Å². The fourth-order valence-corrected chi connectivity index (χ4v) is 4.07. The number of aliphatic imine (C=N–C) groups is 1. The summed E-state index contributed by atoms with van der Waals surface area (Å²) in [6, 6.07) is 3.44. The van der Waals surface area contributed by atoms with E-state index >= 15 is 0 Å². The second-order valence-electron chi connectivity index (χ2n) is 7.89. The zero-order valence-corrected chi connectivity index (χ0v) is 17.9. The Morgan fingerprint density at radius 2 is 2.00 bits per heavy atom. The summed E-state index contributed by atoms with van der Waals surface area (Å²) in [6.45, 7) is 9.09. The smallest absolute Gasteiger partial charge is 0.289 e. The molecule has 2 aliphatic rings. The van der Waals surface area contributed by atoms with Gasteiger partial charge in [0, 0.05) is 45.8 Å². The molecule has 2 amide bonds. The number of hydrogen-bond acceptors (Lipinski definition) is 5. The van der Waals surface area contributed by atoms with Gasteiger partial charge in [-0.25, -0.2) is 0 Å². The van der Waals surface area contributed by atoms with E-state index in [4.69, 9.17) is 15.1 Å². The fraction of sp³-hybridized carbons (Fsp3) is 0.667. The number of carbonyl (C=O) groups excluding carboxylic acids is 2. The number of nitrogens with one attached hydrogen (secondary N) is 1. The van der Waals surface area contributed by atoms with Crippen LogP contribution in [0.4, 0.5) is 0 Å². The first-order valence-corrected chi connectivity index (χ1v) is 11.0. The third-order valence-corrected chi connectivity index (χ3v) is 5.74. The molecular weight excluding hydrogens is 384 g/mol. The summed E-state index contributed by atoms with van der Waals surface area (Å²) in [7, 11) is 0. The minimum atomic E-state index is -0.183. The Morgan fingerprint density at radius 1 is 1.23 bits per heavy atom. The Morgan fingerprint density at radius 3 is 2.67 bits per heavy atom. The quantitative estimate of drug-likeness (QED) is 0.381. The van der Waals surface area contributed by atoms with Gasteiger partial charge in [0.05, 0.1) is 12.2 Å². The highest BCUT2D eigenvalue weighted by atomic mass is 16.3. The normalized spacial score (nSPS) is 21.0. The molecule has 2 saturated heterocycles. The first kappa shape index (κ1) is 22.1. The van der Waals surface area contributed by atoms with Gasteiger partial charge >= 0.3 is 0 Å². The summed E-state index contributed by atoms with van der Waals surface area (Å²) in [5.41, 5.74) is 5.46. The standard InChI is InChI=1S/C21H34N6O3/c1-2-23-21(24-8-5-10-25-9-3-6-17(16-25)19(22)28)27-13-11-26(12-14-27)20(29)18-7-4-15-30-18/h4,7,15,17H,2-3,5-6,8-14,16H2,1H3,(H2,22,28)(H,23,24). The van der Waals surface area contributed by atoms with Crippen LogP contribution in [0.3, 0.4) is 0 Å². The molecule has 9 nitrogen and oxygen atoms in total. The molecule has 1 unspecified atom stereocenters. The molecular formula is C21H34N6O3. The second-order valence-corrected chi connectivity index (χ2v) is 7.89. The SMILES string of the molecule is CCNC(=NCCCN1CCCC(C(N)=O)C1)N1CCN(C(=O)c2ccco2)CC1. The number of carbonyl (C=O) groups is 2. The molecule has 30 heavy (non-hydrogen) atoms. The van der Waals surface area contributed by atoms with Crippen LogP contribution in [0.15, 0.2) is 27.8 Å². The van der Waals surface area contributed by atoms with Crippen LogP contribution in [0, 0.1) is 5.92 Å². The molecule has 1 atom stereocenters. The van der Waals surface area contributed by atoms with Crippen LogP contribution in [0.2, 0.25) is 0 Å². The predicted octanol–water partition coefficient (Wildman–Crippen LogP) is 0.590. The van der Waals surface area contributed by atoms with Gasteiger partial charge in [-0.15, -0.1) is 0 Å². The van der Waals surface area contributed by atoms with Crippen LogP contribution >= 0.6 is 0 Å². The van der Waals surface area contributed by atoms with E-state index in [1.165, 1.54) is 6.26 Å². The van der Waals surface area contributed by atoms with Gasteiger partial charge in [-0.1, -0.05) is 0 Å². The van der Waals surface area contributed by atoms with E-state index in [0.29, 0.717) is 18.8 Å². The maximum atomic E-state index is 12.4. The third-order valence-electron chi connectivity index (χ3n) is 5.74. The van der Waals surface area contributed by atoms with Crippen molar-refractivity contribution >= 4 is 17.8 Å². The van der Waals surface area contributed by atoms with Gasteiger partial charge in [0.15, 0.2) is 11.7 Å². The number of furan rings is 1. The summed E-state index contributed by atoms with van der Waals surface area (Å²) in [4.78, 5) is 35.0. The van der Waals surface area contributed by atoms with Crippen LogP contribution in [-0.2, 0) is 4.79 Å². The number of piperazine rings is 1. The highest BCUT2D eigenvalue weighted by Crippen LogP contribution is 2.16. The van der Waals surface area contributed by atoms with Gasteiger partial charge in [-0.3, -0.25) is 14.6 Å². The number of hydrogen-bond donors (Lipinski definition) is 2. The number of nitrogens with zero attached hydrogens (tertiary/aromatic N) is 4. The maximum absolute atomic E-state index is 12.4. The van der Waals surface area contributed by atoms with Crippen LogP contribution in [0.25, 0.3) is 0 Å².